The second kappa shape index (κ2) is 8.75. The summed E-state index contributed by atoms with van der Waals surface area (Å²) in [7, 11) is -4.64. The summed E-state index contributed by atoms with van der Waals surface area (Å²) in [5.74, 6) is 3.40. The summed E-state index contributed by atoms with van der Waals surface area (Å²) in [6.45, 7) is 6.65. The molecule has 1 atom stereocenters. The minimum atomic E-state index is -3.06. The molecule has 0 aliphatic heterocycles. The van der Waals surface area contributed by atoms with Crippen molar-refractivity contribution in [2.45, 2.75) is 25.7 Å². The molecule has 1 unspecified atom stereocenters. The van der Waals surface area contributed by atoms with E-state index < -0.39 is 15.4 Å². The van der Waals surface area contributed by atoms with Crippen molar-refractivity contribution in [1.29, 1.82) is 0 Å². The van der Waals surface area contributed by atoms with Crippen molar-refractivity contribution in [3.63, 3.8) is 0 Å². The summed E-state index contributed by atoms with van der Waals surface area (Å²) in [4.78, 5) is 0. The molecule has 0 spiro atoms. The fourth-order valence-corrected chi connectivity index (χ4v) is 5.81. The molecule has 0 aliphatic carbocycles. The molecule has 3 rings (SSSR count). The molecule has 0 aliphatic rings. The van der Waals surface area contributed by atoms with E-state index in [1.54, 1.807) is 0 Å². The standard InChI is InChI=1S/C24H26NOPSi/c1-28(2,3)20-19-24(21-13-7-4-8-14-21)25-27(26,22-15-9-5-10-16-22)23-17-11-6-12-18-23/h4-18,24H,1-3H3,(H,25,26). The fourth-order valence-electron chi connectivity index (χ4n) is 2.88. The first kappa shape index (κ1) is 20.4. The second-order valence-corrected chi connectivity index (χ2v) is 15.0. The highest BCUT2D eigenvalue weighted by atomic mass is 31.2. The van der Waals surface area contributed by atoms with Crippen LogP contribution in [0.5, 0.6) is 0 Å². The van der Waals surface area contributed by atoms with Crippen molar-refractivity contribution in [2.75, 3.05) is 0 Å². The smallest absolute Gasteiger partial charge is 0.205 e. The number of rotatable bonds is 5. The van der Waals surface area contributed by atoms with Crippen LogP contribution >= 0.6 is 7.29 Å². The van der Waals surface area contributed by atoms with E-state index in [-0.39, 0.29) is 6.04 Å². The Bertz CT molecular complexity index is 959. The Hall–Kier alpha value is -2.37. The van der Waals surface area contributed by atoms with Gasteiger partial charge in [0.2, 0.25) is 7.29 Å². The van der Waals surface area contributed by atoms with E-state index >= 15 is 0 Å². The molecule has 3 aromatic carbocycles. The quantitative estimate of drug-likeness (QED) is 0.364. The SMILES string of the molecule is C[Si](C)(C)C#CC(NP(=O)(c1ccccc1)c1ccccc1)c1ccccc1. The Morgan fingerprint density at radius 1 is 0.750 bits per heavy atom. The molecule has 0 saturated carbocycles. The lowest BCUT2D eigenvalue weighted by atomic mass is 10.1. The average Bonchev–Trinajstić information content (AvgIpc) is 2.72. The van der Waals surface area contributed by atoms with E-state index in [9.17, 15) is 4.57 Å². The summed E-state index contributed by atoms with van der Waals surface area (Å²) in [6, 6.07) is 29.1. The fraction of sp³-hybridized carbons (Fsp3) is 0.167. The third kappa shape index (κ3) is 5.12. The average molecular weight is 404 g/mol. The van der Waals surface area contributed by atoms with Crippen molar-refractivity contribution in [3.8, 4) is 11.5 Å². The van der Waals surface area contributed by atoms with Gasteiger partial charge >= 0.3 is 0 Å². The number of hydrogen-bond acceptors (Lipinski definition) is 1. The monoisotopic (exact) mass is 403 g/mol. The molecule has 0 saturated heterocycles. The molecule has 0 amide bonds. The van der Waals surface area contributed by atoms with E-state index in [2.05, 4.69) is 36.2 Å². The van der Waals surface area contributed by atoms with Crippen molar-refractivity contribution in [1.82, 2.24) is 5.09 Å². The maximum absolute atomic E-state index is 14.4. The highest BCUT2D eigenvalue weighted by Gasteiger charge is 2.30. The number of hydrogen-bond donors (Lipinski definition) is 1. The lowest BCUT2D eigenvalue weighted by Crippen LogP contribution is -2.30. The van der Waals surface area contributed by atoms with E-state index in [0.29, 0.717) is 0 Å². The van der Waals surface area contributed by atoms with Crippen molar-refractivity contribution in [2.24, 2.45) is 0 Å². The van der Waals surface area contributed by atoms with Gasteiger partial charge in [-0.05, 0) is 29.8 Å². The predicted molar refractivity (Wildman–Crippen MR) is 123 cm³/mol. The first-order valence-corrected chi connectivity index (χ1v) is 14.7. The van der Waals surface area contributed by atoms with Gasteiger partial charge < -0.3 is 0 Å². The van der Waals surface area contributed by atoms with E-state index in [1.807, 2.05) is 91.0 Å². The largest absolute Gasteiger partial charge is 0.296 e. The third-order valence-corrected chi connectivity index (χ3v) is 7.84. The number of nitrogens with one attached hydrogen (secondary N) is 1. The zero-order valence-corrected chi connectivity index (χ0v) is 18.5. The summed E-state index contributed by atoms with van der Waals surface area (Å²) < 4.78 is 14.4. The van der Waals surface area contributed by atoms with Crippen LogP contribution in [-0.2, 0) is 4.57 Å². The van der Waals surface area contributed by atoms with E-state index in [1.165, 1.54) is 0 Å². The normalized spacial score (nSPS) is 12.7. The van der Waals surface area contributed by atoms with Gasteiger partial charge in [0.25, 0.3) is 0 Å². The molecule has 2 nitrogen and oxygen atoms in total. The van der Waals surface area contributed by atoms with E-state index in [4.69, 9.17) is 0 Å². The van der Waals surface area contributed by atoms with Gasteiger partial charge in [-0.25, -0.2) is 5.09 Å². The zero-order valence-electron chi connectivity index (χ0n) is 16.6. The van der Waals surface area contributed by atoms with Gasteiger partial charge in [-0.2, -0.15) is 0 Å². The number of benzene rings is 3. The predicted octanol–water partition coefficient (Wildman–Crippen LogP) is 5.13. The van der Waals surface area contributed by atoms with Crippen LogP contribution in [0.25, 0.3) is 0 Å². The lowest BCUT2D eigenvalue weighted by molar-refractivity contribution is 0.574. The topological polar surface area (TPSA) is 29.1 Å². The Morgan fingerprint density at radius 3 is 1.61 bits per heavy atom. The molecular formula is C24H26NOPSi. The van der Waals surface area contributed by atoms with Crippen molar-refractivity contribution in [3.05, 3.63) is 96.6 Å². The van der Waals surface area contributed by atoms with Gasteiger partial charge in [0, 0.05) is 10.6 Å². The summed E-state index contributed by atoms with van der Waals surface area (Å²) >= 11 is 0. The summed E-state index contributed by atoms with van der Waals surface area (Å²) in [6.07, 6.45) is 0. The molecule has 0 fully saturated rings. The summed E-state index contributed by atoms with van der Waals surface area (Å²) in [5.41, 5.74) is 4.48. The third-order valence-electron chi connectivity index (χ3n) is 4.27. The van der Waals surface area contributed by atoms with Gasteiger partial charge in [-0.1, -0.05) is 92.3 Å². The van der Waals surface area contributed by atoms with Crippen LogP contribution in [0.15, 0.2) is 91.0 Å². The first-order chi connectivity index (χ1) is 13.4. The molecule has 0 heterocycles. The Labute approximate surface area is 169 Å². The van der Waals surface area contributed by atoms with Gasteiger partial charge in [0.05, 0.1) is 6.04 Å². The highest BCUT2D eigenvalue weighted by molar-refractivity contribution is 7.76. The molecule has 142 valence electrons. The molecule has 1 N–H and O–H groups in total. The summed E-state index contributed by atoms with van der Waals surface area (Å²) in [5, 5.41) is 5.03. The van der Waals surface area contributed by atoms with Crippen LogP contribution in [0.3, 0.4) is 0 Å². The van der Waals surface area contributed by atoms with Crippen LogP contribution < -0.4 is 15.7 Å². The van der Waals surface area contributed by atoms with Crippen molar-refractivity contribution >= 4 is 26.0 Å². The molecule has 28 heavy (non-hydrogen) atoms. The maximum atomic E-state index is 14.4. The van der Waals surface area contributed by atoms with Gasteiger partial charge in [-0.15, -0.1) is 5.54 Å². The second-order valence-electron chi connectivity index (χ2n) is 7.77. The van der Waals surface area contributed by atoms with Gasteiger partial charge in [-0.3, -0.25) is 4.57 Å². The molecule has 4 heteroatoms. The highest BCUT2D eigenvalue weighted by Crippen LogP contribution is 2.41. The van der Waals surface area contributed by atoms with E-state index in [0.717, 1.165) is 16.2 Å². The molecule has 0 aromatic heterocycles. The Morgan fingerprint density at radius 2 is 1.18 bits per heavy atom. The lowest BCUT2D eigenvalue weighted by Gasteiger charge is -2.25. The first-order valence-electron chi connectivity index (χ1n) is 9.45. The van der Waals surface area contributed by atoms with Gasteiger partial charge in [0.1, 0.15) is 8.07 Å². The van der Waals surface area contributed by atoms with Crippen LogP contribution in [0.2, 0.25) is 19.6 Å². The van der Waals surface area contributed by atoms with Crippen LogP contribution in [0.1, 0.15) is 11.6 Å². The molecular weight excluding hydrogens is 377 g/mol. The van der Waals surface area contributed by atoms with Crippen LogP contribution in [-0.4, -0.2) is 8.07 Å². The van der Waals surface area contributed by atoms with Crippen LogP contribution in [0, 0.1) is 11.5 Å². The molecule has 3 aromatic rings. The van der Waals surface area contributed by atoms with Crippen LogP contribution in [0.4, 0.5) is 0 Å². The zero-order chi connectivity index (χ0) is 20.0. The van der Waals surface area contributed by atoms with Gasteiger partial charge in [0.15, 0.2) is 0 Å². The van der Waals surface area contributed by atoms with Crippen molar-refractivity contribution < 1.29 is 4.57 Å². The Kier molecular flexibility index (Phi) is 6.37. The Balaban J connectivity index is 2.11. The molecule has 0 radical (unpaired) electrons. The minimum absolute atomic E-state index is 0.306. The maximum Gasteiger partial charge on any atom is 0.205 e. The minimum Gasteiger partial charge on any atom is -0.296 e. The molecule has 0 bridgehead atoms.